The number of hydrogen-bond donors (Lipinski definition) is 0. The third kappa shape index (κ3) is 4.40. The van der Waals surface area contributed by atoms with E-state index in [2.05, 4.69) is 11.9 Å². The maximum atomic E-state index is 12.7. The van der Waals surface area contributed by atoms with Crippen LogP contribution in [0.25, 0.3) is 0 Å². The van der Waals surface area contributed by atoms with Crippen molar-refractivity contribution in [1.29, 1.82) is 0 Å². The van der Waals surface area contributed by atoms with E-state index in [1.807, 2.05) is 4.90 Å². The highest BCUT2D eigenvalue weighted by Gasteiger charge is 2.40. The highest BCUT2D eigenvalue weighted by atomic mass is 32.2. The lowest BCUT2D eigenvalue weighted by atomic mass is 9.89. The number of carbonyl (C=O) groups is 1. The number of benzene rings is 1. The van der Waals surface area contributed by atoms with E-state index in [0.717, 1.165) is 31.5 Å². The Morgan fingerprint density at radius 3 is 2.40 bits per heavy atom. The molecular weight excluding hydrogens is 340 g/mol. The van der Waals surface area contributed by atoms with Crippen molar-refractivity contribution >= 4 is 15.7 Å². The molecule has 3 rings (SSSR count). The van der Waals surface area contributed by atoms with Gasteiger partial charge in [0.15, 0.2) is 9.84 Å². The van der Waals surface area contributed by atoms with Gasteiger partial charge in [-0.25, -0.2) is 8.42 Å². The Morgan fingerprint density at radius 2 is 1.80 bits per heavy atom. The van der Waals surface area contributed by atoms with Crippen LogP contribution in [0.15, 0.2) is 29.2 Å². The van der Waals surface area contributed by atoms with E-state index in [1.165, 1.54) is 6.26 Å². The molecule has 0 radical (unpaired) electrons. The van der Waals surface area contributed by atoms with E-state index < -0.39 is 9.84 Å². The summed E-state index contributed by atoms with van der Waals surface area (Å²) >= 11 is 0. The molecule has 2 fully saturated rings. The number of piperidine rings is 1. The summed E-state index contributed by atoms with van der Waals surface area (Å²) in [7, 11) is -1.10. The number of hydrogen-bond acceptors (Lipinski definition) is 5. The zero-order valence-corrected chi connectivity index (χ0v) is 15.7. The Hall–Kier alpha value is -1.44. The molecular formula is C18H26N2O4S. The number of carbonyl (C=O) groups excluding carboxylic acids is 1. The normalized spacial score (nSPS) is 21.4. The minimum atomic E-state index is -3.21. The molecule has 2 saturated heterocycles. The van der Waals surface area contributed by atoms with Crippen LogP contribution in [0.5, 0.6) is 0 Å². The average Bonchev–Trinajstić information content (AvgIpc) is 2.58. The van der Waals surface area contributed by atoms with Gasteiger partial charge in [-0.2, -0.15) is 0 Å². The maximum absolute atomic E-state index is 12.7. The fraction of sp³-hybridized carbons (Fsp3) is 0.611. The molecule has 2 aliphatic rings. The highest BCUT2D eigenvalue weighted by molar-refractivity contribution is 7.90. The zero-order valence-electron chi connectivity index (χ0n) is 14.9. The predicted molar refractivity (Wildman–Crippen MR) is 95.2 cm³/mol. The van der Waals surface area contributed by atoms with Crippen LogP contribution >= 0.6 is 0 Å². The summed E-state index contributed by atoms with van der Waals surface area (Å²) in [5, 5.41) is 0. The van der Waals surface area contributed by atoms with Crippen LogP contribution in [-0.2, 0) is 25.8 Å². The van der Waals surface area contributed by atoms with E-state index in [9.17, 15) is 13.2 Å². The minimum Gasteiger partial charge on any atom is -0.371 e. The molecule has 138 valence electrons. The van der Waals surface area contributed by atoms with E-state index in [-0.39, 0.29) is 16.4 Å². The third-order valence-corrected chi connectivity index (χ3v) is 6.33. The topological polar surface area (TPSA) is 66.9 Å². The molecule has 1 spiro atoms. The molecule has 0 unspecified atom stereocenters. The average molecular weight is 366 g/mol. The van der Waals surface area contributed by atoms with Crippen molar-refractivity contribution in [2.24, 2.45) is 0 Å². The lowest BCUT2D eigenvalue weighted by Crippen LogP contribution is -2.57. The molecule has 1 aromatic carbocycles. The monoisotopic (exact) mass is 366 g/mol. The van der Waals surface area contributed by atoms with Gasteiger partial charge in [-0.05, 0) is 37.6 Å². The molecule has 2 aliphatic heterocycles. The van der Waals surface area contributed by atoms with Gasteiger partial charge < -0.3 is 14.5 Å². The van der Waals surface area contributed by atoms with E-state index in [1.54, 1.807) is 24.3 Å². The van der Waals surface area contributed by atoms with Crippen molar-refractivity contribution in [3.8, 4) is 0 Å². The number of rotatable bonds is 3. The molecule has 7 heteroatoms. The molecule has 0 N–H and O–H groups in total. The number of sulfone groups is 1. The van der Waals surface area contributed by atoms with Crippen LogP contribution in [0.2, 0.25) is 0 Å². The Labute approximate surface area is 149 Å². The van der Waals surface area contributed by atoms with E-state index in [0.29, 0.717) is 26.1 Å². The number of nitrogens with zero attached hydrogens (tertiary/aromatic N) is 2. The Balaban J connectivity index is 1.63. The van der Waals surface area contributed by atoms with Gasteiger partial charge in [0.05, 0.1) is 23.5 Å². The first kappa shape index (κ1) is 18.4. The SMILES string of the molecule is CN1CCC2(CC1)CN(C(=O)Cc1ccc(S(C)(=O)=O)cc1)CCO2. The van der Waals surface area contributed by atoms with Crippen molar-refractivity contribution in [3.05, 3.63) is 29.8 Å². The van der Waals surface area contributed by atoms with Gasteiger partial charge in [-0.15, -0.1) is 0 Å². The van der Waals surface area contributed by atoms with Gasteiger partial charge in [0.2, 0.25) is 5.91 Å². The first-order valence-electron chi connectivity index (χ1n) is 8.67. The lowest BCUT2D eigenvalue weighted by Gasteiger charge is -2.46. The fourth-order valence-electron chi connectivity index (χ4n) is 3.53. The number of morpholine rings is 1. The number of amides is 1. The zero-order chi connectivity index (χ0) is 18.1. The van der Waals surface area contributed by atoms with Gasteiger partial charge in [-0.1, -0.05) is 12.1 Å². The molecule has 0 atom stereocenters. The quantitative estimate of drug-likeness (QED) is 0.797. The minimum absolute atomic E-state index is 0.0775. The molecule has 0 aliphatic carbocycles. The maximum Gasteiger partial charge on any atom is 0.227 e. The van der Waals surface area contributed by atoms with Crippen molar-refractivity contribution in [1.82, 2.24) is 9.80 Å². The molecule has 0 saturated carbocycles. The Morgan fingerprint density at radius 1 is 1.16 bits per heavy atom. The summed E-state index contributed by atoms with van der Waals surface area (Å²) in [6.45, 7) is 3.85. The van der Waals surface area contributed by atoms with Gasteiger partial charge >= 0.3 is 0 Å². The van der Waals surface area contributed by atoms with Crippen LogP contribution < -0.4 is 0 Å². The molecule has 25 heavy (non-hydrogen) atoms. The molecule has 0 aromatic heterocycles. The van der Waals surface area contributed by atoms with Crippen LogP contribution in [0.1, 0.15) is 18.4 Å². The summed E-state index contributed by atoms with van der Waals surface area (Å²) < 4.78 is 29.1. The molecule has 0 bridgehead atoms. The van der Waals surface area contributed by atoms with E-state index >= 15 is 0 Å². The molecule has 2 heterocycles. The number of ether oxygens (including phenoxy) is 1. The van der Waals surface area contributed by atoms with Crippen LogP contribution in [0, 0.1) is 0 Å². The summed E-state index contributed by atoms with van der Waals surface area (Å²) in [6, 6.07) is 6.57. The molecule has 6 nitrogen and oxygen atoms in total. The molecule has 1 amide bonds. The van der Waals surface area contributed by atoms with Crippen LogP contribution in [0.3, 0.4) is 0 Å². The van der Waals surface area contributed by atoms with Gasteiger partial charge in [-0.3, -0.25) is 4.79 Å². The first-order valence-corrected chi connectivity index (χ1v) is 10.6. The van der Waals surface area contributed by atoms with E-state index in [4.69, 9.17) is 4.74 Å². The summed E-state index contributed by atoms with van der Waals surface area (Å²) in [5.41, 5.74) is 0.641. The standard InChI is InChI=1S/C18H26N2O4S/c1-19-9-7-18(8-10-19)14-20(11-12-24-18)17(21)13-15-3-5-16(6-4-15)25(2,22)23/h3-6H,7-14H2,1-2H3. The van der Waals surface area contributed by atoms with Crippen molar-refractivity contribution < 1.29 is 17.9 Å². The largest absolute Gasteiger partial charge is 0.371 e. The predicted octanol–water partition coefficient (Wildman–Crippen LogP) is 0.956. The smallest absolute Gasteiger partial charge is 0.227 e. The van der Waals surface area contributed by atoms with Gasteiger partial charge in [0.25, 0.3) is 0 Å². The fourth-order valence-corrected chi connectivity index (χ4v) is 4.16. The first-order chi connectivity index (χ1) is 11.8. The summed E-state index contributed by atoms with van der Waals surface area (Å²) in [5.74, 6) is 0.0775. The lowest BCUT2D eigenvalue weighted by molar-refractivity contribution is -0.158. The van der Waals surface area contributed by atoms with Gasteiger partial charge in [0.1, 0.15) is 0 Å². The molecule has 1 aromatic rings. The van der Waals surface area contributed by atoms with Crippen LogP contribution in [-0.4, -0.2) is 75.8 Å². The van der Waals surface area contributed by atoms with Crippen molar-refractivity contribution in [2.75, 3.05) is 46.1 Å². The second-order valence-electron chi connectivity index (χ2n) is 7.24. The second-order valence-corrected chi connectivity index (χ2v) is 9.26. The van der Waals surface area contributed by atoms with Crippen molar-refractivity contribution in [2.45, 2.75) is 29.8 Å². The number of likely N-dealkylation sites (tertiary alicyclic amines) is 1. The summed E-state index contributed by atoms with van der Waals surface area (Å²) in [6.07, 6.45) is 3.38. The Kier molecular flexibility index (Phi) is 5.18. The van der Waals surface area contributed by atoms with Crippen LogP contribution in [0.4, 0.5) is 0 Å². The van der Waals surface area contributed by atoms with Crippen molar-refractivity contribution in [3.63, 3.8) is 0 Å². The van der Waals surface area contributed by atoms with Gasteiger partial charge in [0, 0.05) is 32.4 Å². The highest BCUT2D eigenvalue weighted by Crippen LogP contribution is 2.30. The second kappa shape index (κ2) is 7.05. The Bertz CT molecular complexity index is 722. The third-order valence-electron chi connectivity index (χ3n) is 5.21. The summed E-state index contributed by atoms with van der Waals surface area (Å²) in [4.78, 5) is 17.2.